The molecule has 27 heavy (non-hydrogen) atoms. The number of hydrogen-bond acceptors (Lipinski definition) is 4. The van der Waals surface area contributed by atoms with Crippen molar-refractivity contribution in [2.45, 2.75) is 0 Å². The van der Waals surface area contributed by atoms with Gasteiger partial charge in [-0.2, -0.15) is 5.10 Å². The number of carbonyl (C=O) groups is 2. The van der Waals surface area contributed by atoms with Crippen LogP contribution in [0.1, 0.15) is 20.7 Å². The SMILES string of the molecule is CN1CC(/C=C/C(=O)c2ccccc2)=C(/C=C/C(=O)c2ccccc2)C=N1. The Bertz CT molecular complexity index is 939. The lowest BCUT2D eigenvalue weighted by Crippen LogP contribution is -2.19. The van der Waals surface area contributed by atoms with Crippen molar-refractivity contribution in [2.75, 3.05) is 13.6 Å². The van der Waals surface area contributed by atoms with Crippen molar-refractivity contribution in [3.05, 3.63) is 107 Å². The van der Waals surface area contributed by atoms with Gasteiger partial charge in [0.05, 0.1) is 12.8 Å². The van der Waals surface area contributed by atoms with E-state index in [1.165, 1.54) is 6.08 Å². The van der Waals surface area contributed by atoms with E-state index >= 15 is 0 Å². The predicted octanol–water partition coefficient (Wildman–Crippen LogP) is 4.09. The van der Waals surface area contributed by atoms with Crippen LogP contribution in [0.3, 0.4) is 0 Å². The molecule has 134 valence electrons. The molecule has 0 radical (unpaired) electrons. The van der Waals surface area contributed by atoms with Crippen LogP contribution in [-0.4, -0.2) is 36.4 Å². The van der Waals surface area contributed by atoms with Gasteiger partial charge in [-0.1, -0.05) is 66.7 Å². The standard InChI is InChI=1S/C23H20N2O2/c1-25-17-21(13-15-23(27)19-10-6-3-7-11-19)20(16-24-25)12-14-22(26)18-8-4-2-5-9-18/h2-16H,17H2,1H3/b14-12+,15-13+. The number of carbonyl (C=O) groups excluding carboxylic acids is 2. The molecular formula is C23H20N2O2. The summed E-state index contributed by atoms with van der Waals surface area (Å²) in [6.45, 7) is 0.564. The lowest BCUT2D eigenvalue weighted by Gasteiger charge is -2.19. The minimum atomic E-state index is -0.0703. The van der Waals surface area contributed by atoms with E-state index in [1.807, 2.05) is 43.4 Å². The van der Waals surface area contributed by atoms with Crippen LogP contribution in [0.4, 0.5) is 0 Å². The zero-order valence-corrected chi connectivity index (χ0v) is 15.1. The van der Waals surface area contributed by atoms with Gasteiger partial charge < -0.3 is 0 Å². The highest BCUT2D eigenvalue weighted by Crippen LogP contribution is 2.15. The van der Waals surface area contributed by atoms with E-state index < -0.39 is 0 Å². The maximum atomic E-state index is 12.3. The van der Waals surface area contributed by atoms with Crippen LogP contribution in [-0.2, 0) is 0 Å². The van der Waals surface area contributed by atoms with Crippen LogP contribution in [0, 0.1) is 0 Å². The Labute approximate surface area is 158 Å². The van der Waals surface area contributed by atoms with Gasteiger partial charge in [0.25, 0.3) is 0 Å². The first kappa shape index (κ1) is 18.3. The summed E-state index contributed by atoms with van der Waals surface area (Å²) in [7, 11) is 1.86. The molecule has 0 atom stereocenters. The summed E-state index contributed by atoms with van der Waals surface area (Å²) < 4.78 is 0. The average Bonchev–Trinajstić information content (AvgIpc) is 2.72. The number of hydrogen-bond donors (Lipinski definition) is 0. The third kappa shape index (κ3) is 4.98. The fourth-order valence-corrected chi connectivity index (χ4v) is 2.66. The van der Waals surface area contributed by atoms with E-state index in [9.17, 15) is 9.59 Å². The van der Waals surface area contributed by atoms with Crippen molar-refractivity contribution >= 4 is 17.8 Å². The third-order valence-corrected chi connectivity index (χ3v) is 4.13. The highest BCUT2D eigenvalue weighted by Gasteiger charge is 2.10. The zero-order valence-electron chi connectivity index (χ0n) is 15.1. The van der Waals surface area contributed by atoms with Gasteiger partial charge in [0.1, 0.15) is 0 Å². The van der Waals surface area contributed by atoms with Crippen molar-refractivity contribution in [2.24, 2.45) is 5.10 Å². The maximum Gasteiger partial charge on any atom is 0.185 e. The minimum absolute atomic E-state index is 0.0584. The van der Waals surface area contributed by atoms with Gasteiger partial charge in [0.2, 0.25) is 0 Å². The van der Waals surface area contributed by atoms with Gasteiger partial charge in [-0.15, -0.1) is 0 Å². The molecule has 0 aromatic heterocycles. The molecule has 2 aromatic carbocycles. The van der Waals surface area contributed by atoms with E-state index in [0.717, 1.165) is 11.1 Å². The Morgan fingerprint density at radius 2 is 1.37 bits per heavy atom. The number of rotatable bonds is 6. The molecule has 2 aromatic rings. The molecule has 1 heterocycles. The minimum Gasteiger partial charge on any atom is -0.296 e. The zero-order chi connectivity index (χ0) is 19.1. The molecule has 0 N–H and O–H groups in total. The van der Waals surface area contributed by atoms with Crippen LogP contribution in [0.2, 0.25) is 0 Å². The second-order valence-corrected chi connectivity index (χ2v) is 6.17. The lowest BCUT2D eigenvalue weighted by molar-refractivity contribution is 0.103. The van der Waals surface area contributed by atoms with E-state index in [-0.39, 0.29) is 11.6 Å². The summed E-state index contributed by atoms with van der Waals surface area (Å²) in [5.41, 5.74) is 3.02. The monoisotopic (exact) mass is 356 g/mol. The summed E-state index contributed by atoms with van der Waals surface area (Å²) in [6.07, 6.45) is 8.34. The third-order valence-electron chi connectivity index (χ3n) is 4.13. The highest BCUT2D eigenvalue weighted by atomic mass is 16.1. The van der Waals surface area contributed by atoms with E-state index in [4.69, 9.17) is 0 Å². The van der Waals surface area contributed by atoms with Crippen LogP contribution < -0.4 is 0 Å². The van der Waals surface area contributed by atoms with Gasteiger partial charge in [-0.05, 0) is 29.4 Å². The molecule has 0 fully saturated rings. The molecule has 4 heteroatoms. The van der Waals surface area contributed by atoms with Crippen molar-refractivity contribution in [1.82, 2.24) is 5.01 Å². The largest absolute Gasteiger partial charge is 0.296 e. The number of likely N-dealkylation sites (N-methyl/N-ethyl adjacent to an activating group) is 1. The molecule has 4 nitrogen and oxygen atoms in total. The van der Waals surface area contributed by atoms with E-state index in [2.05, 4.69) is 5.10 Å². The molecule has 1 aliphatic rings. The molecule has 3 rings (SSSR count). The first-order valence-electron chi connectivity index (χ1n) is 8.66. The second-order valence-electron chi connectivity index (χ2n) is 6.17. The molecule has 0 bridgehead atoms. The van der Waals surface area contributed by atoms with E-state index in [1.54, 1.807) is 53.7 Å². The average molecular weight is 356 g/mol. The van der Waals surface area contributed by atoms with Gasteiger partial charge in [0, 0.05) is 18.2 Å². The smallest absolute Gasteiger partial charge is 0.185 e. The quantitative estimate of drug-likeness (QED) is 0.578. The second kappa shape index (κ2) is 8.72. The maximum absolute atomic E-state index is 12.3. The molecule has 0 saturated carbocycles. The summed E-state index contributed by atoms with van der Waals surface area (Å²) in [5, 5.41) is 6.05. The first-order chi connectivity index (χ1) is 13.1. The first-order valence-corrected chi connectivity index (χ1v) is 8.66. The number of hydrazone groups is 1. The van der Waals surface area contributed by atoms with Crippen LogP contribution >= 0.6 is 0 Å². The Balaban J connectivity index is 1.81. The molecular weight excluding hydrogens is 336 g/mol. The van der Waals surface area contributed by atoms with Crippen LogP contribution in [0.15, 0.2) is 101 Å². The summed E-state index contributed by atoms with van der Waals surface area (Å²) in [5.74, 6) is -0.129. The molecule has 1 aliphatic heterocycles. The fourth-order valence-electron chi connectivity index (χ4n) is 2.66. The van der Waals surface area contributed by atoms with Gasteiger partial charge >= 0.3 is 0 Å². The Hall–Kier alpha value is -3.53. The number of ketones is 2. The van der Waals surface area contributed by atoms with Crippen molar-refractivity contribution < 1.29 is 9.59 Å². The van der Waals surface area contributed by atoms with Crippen LogP contribution in [0.5, 0.6) is 0 Å². The van der Waals surface area contributed by atoms with Crippen LogP contribution in [0.25, 0.3) is 0 Å². The topological polar surface area (TPSA) is 49.7 Å². The molecule has 0 unspecified atom stereocenters. The number of nitrogens with zero attached hydrogens (tertiary/aromatic N) is 2. The van der Waals surface area contributed by atoms with Gasteiger partial charge in [-0.25, -0.2) is 0 Å². The van der Waals surface area contributed by atoms with Gasteiger partial charge in [0.15, 0.2) is 11.6 Å². The lowest BCUT2D eigenvalue weighted by atomic mass is 10.0. The molecule has 0 saturated heterocycles. The summed E-state index contributed by atoms with van der Waals surface area (Å²) in [4.78, 5) is 24.6. The fraction of sp³-hybridized carbons (Fsp3) is 0.0870. The Morgan fingerprint density at radius 1 is 0.852 bits per heavy atom. The molecule has 0 amide bonds. The normalized spacial score (nSPS) is 14.3. The number of benzene rings is 2. The van der Waals surface area contributed by atoms with Crippen molar-refractivity contribution in [1.29, 1.82) is 0 Å². The van der Waals surface area contributed by atoms with Gasteiger partial charge in [-0.3, -0.25) is 14.6 Å². The van der Waals surface area contributed by atoms with E-state index in [0.29, 0.717) is 17.7 Å². The predicted molar refractivity (Wildman–Crippen MR) is 108 cm³/mol. The molecule has 0 spiro atoms. The Kier molecular flexibility index (Phi) is 5.90. The van der Waals surface area contributed by atoms with Crippen molar-refractivity contribution in [3.8, 4) is 0 Å². The summed E-state index contributed by atoms with van der Waals surface area (Å²) >= 11 is 0. The Morgan fingerprint density at radius 3 is 1.93 bits per heavy atom. The number of allylic oxidation sites excluding steroid dienone is 4. The highest BCUT2D eigenvalue weighted by molar-refractivity contribution is 6.06. The molecule has 0 aliphatic carbocycles. The summed E-state index contributed by atoms with van der Waals surface area (Å²) in [6, 6.07) is 18.2. The van der Waals surface area contributed by atoms with Crippen molar-refractivity contribution in [3.63, 3.8) is 0 Å².